The molecule has 0 radical (unpaired) electrons. The zero-order chi connectivity index (χ0) is 17.9. The fourth-order valence-electron chi connectivity index (χ4n) is 3.14. The van der Waals surface area contributed by atoms with Gasteiger partial charge in [-0.15, -0.1) is 11.3 Å². The molecule has 1 atom stereocenters. The van der Waals surface area contributed by atoms with Crippen molar-refractivity contribution in [3.8, 4) is 0 Å². The van der Waals surface area contributed by atoms with E-state index in [1.165, 1.54) is 22.3 Å². The number of rotatable bonds is 4. The van der Waals surface area contributed by atoms with Crippen molar-refractivity contribution in [3.63, 3.8) is 0 Å². The van der Waals surface area contributed by atoms with Gasteiger partial charge in [-0.25, -0.2) is 4.79 Å². The molecule has 1 N–H and O–H groups in total. The van der Waals surface area contributed by atoms with Gasteiger partial charge in [0.1, 0.15) is 5.00 Å². The molecule has 0 unspecified atom stereocenters. The monoisotopic (exact) mass is 349 g/mol. The number of ether oxygens (including phenoxy) is 1. The minimum absolute atomic E-state index is 0.214. The van der Waals surface area contributed by atoms with Gasteiger partial charge in [0.25, 0.3) is 0 Å². The Labute approximate surface area is 148 Å². The van der Waals surface area contributed by atoms with Crippen LogP contribution in [0.2, 0.25) is 0 Å². The molecule has 1 aliphatic rings. The summed E-state index contributed by atoms with van der Waals surface area (Å²) in [4.78, 5) is 25.6. The Kier molecular flexibility index (Phi) is 5.86. The molecule has 0 aliphatic heterocycles. The summed E-state index contributed by atoms with van der Waals surface area (Å²) in [5.74, 6) is 0.0341. The summed E-state index contributed by atoms with van der Waals surface area (Å²) in [5.41, 5.74) is 1.86. The molecule has 0 saturated carbocycles. The van der Waals surface area contributed by atoms with Gasteiger partial charge in [-0.1, -0.05) is 26.8 Å². The van der Waals surface area contributed by atoms with Crippen molar-refractivity contribution in [2.75, 3.05) is 11.9 Å². The van der Waals surface area contributed by atoms with Crippen molar-refractivity contribution in [2.24, 2.45) is 11.3 Å². The average Bonchev–Trinajstić information content (AvgIpc) is 2.83. The zero-order valence-electron chi connectivity index (χ0n) is 15.2. The Morgan fingerprint density at radius 1 is 1.38 bits per heavy atom. The van der Waals surface area contributed by atoms with E-state index in [0.717, 1.165) is 24.8 Å². The van der Waals surface area contributed by atoms with E-state index in [2.05, 4.69) is 26.1 Å². The van der Waals surface area contributed by atoms with Crippen molar-refractivity contribution in [1.82, 2.24) is 0 Å². The van der Waals surface area contributed by atoms with Crippen LogP contribution in [0.5, 0.6) is 0 Å². The summed E-state index contributed by atoms with van der Waals surface area (Å²) >= 11 is 1.52. The number of anilines is 1. The Hall–Kier alpha value is -1.62. The van der Waals surface area contributed by atoms with E-state index < -0.39 is 0 Å². The summed E-state index contributed by atoms with van der Waals surface area (Å²) < 4.78 is 5.23. The highest BCUT2D eigenvalue weighted by atomic mass is 32.1. The average molecular weight is 349 g/mol. The lowest BCUT2D eigenvalue weighted by molar-refractivity contribution is -0.111. The van der Waals surface area contributed by atoms with Crippen LogP contribution >= 0.6 is 11.3 Å². The third-order valence-electron chi connectivity index (χ3n) is 4.52. The van der Waals surface area contributed by atoms with Crippen LogP contribution in [0.1, 0.15) is 61.8 Å². The van der Waals surface area contributed by atoms with Gasteiger partial charge in [0.15, 0.2) is 0 Å². The molecule has 1 aliphatic carbocycles. The molecule has 1 amide bonds. The standard InChI is InChI=1S/C19H27NO3S/c1-6-8-15(21)20-17-16(18(22)23-7-2)13-10-9-12(19(3,4)5)11-14(13)24-17/h6,8,12H,7,9-11H2,1-5H3,(H,20,21)/b8-6+/t12-/m0/s1. The molecule has 1 heterocycles. The number of amides is 1. The molecule has 0 bridgehead atoms. The number of hydrogen-bond acceptors (Lipinski definition) is 4. The number of nitrogens with one attached hydrogen (secondary N) is 1. The van der Waals surface area contributed by atoms with E-state index in [0.29, 0.717) is 23.1 Å². The summed E-state index contributed by atoms with van der Waals surface area (Å²) in [5, 5.41) is 3.47. The van der Waals surface area contributed by atoms with Crippen molar-refractivity contribution < 1.29 is 14.3 Å². The number of allylic oxidation sites excluding steroid dienone is 1. The van der Waals surface area contributed by atoms with Crippen molar-refractivity contribution in [3.05, 3.63) is 28.2 Å². The van der Waals surface area contributed by atoms with Crippen molar-refractivity contribution in [2.45, 2.75) is 53.9 Å². The van der Waals surface area contributed by atoms with Gasteiger partial charge < -0.3 is 10.1 Å². The van der Waals surface area contributed by atoms with Crippen LogP contribution in [0, 0.1) is 11.3 Å². The van der Waals surface area contributed by atoms with Crippen LogP contribution < -0.4 is 5.32 Å². The minimum atomic E-state index is -0.333. The van der Waals surface area contributed by atoms with Crippen LogP contribution in [0.4, 0.5) is 5.00 Å². The number of thiophene rings is 1. The molecule has 132 valence electrons. The van der Waals surface area contributed by atoms with E-state index in [1.54, 1.807) is 19.9 Å². The lowest BCUT2D eigenvalue weighted by Crippen LogP contribution is -2.26. The predicted molar refractivity (Wildman–Crippen MR) is 98.7 cm³/mol. The van der Waals surface area contributed by atoms with Gasteiger partial charge in [-0.05, 0) is 56.1 Å². The maximum absolute atomic E-state index is 12.4. The molecule has 1 aromatic heterocycles. The van der Waals surface area contributed by atoms with Gasteiger partial charge in [-0.2, -0.15) is 0 Å². The molecule has 0 saturated heterocycles. The van der Waals surface area contributed by atoms with Crippen LogP contribution in [-0.2, 0) is 22.4 Å². The normalized spacial score (nSPS) is 17.6. The molecule has 0 spiro atoms. The van der Waals surface area contributed by atoms with Crippen LogP contribution in [0.3, 0.4) is 0 Å². The van der Waals surface area contributed by atoms with Crippen LogP contribution in [0.15, 0.2) is 12.2 Å². The topological polar surface area (TPSA) is 55.4 Å². The van der Waals surface area contributed by atoms with Gasteiger partial charge in [0, 0.05) is 4.88 Å². The van der Waals surface area contributed by atoms with Crippen LogP contribution in [-0.4, -0.2) is 18.5 Å². The maximum atomic E-state index is 12.4. The number of fused-ring (bicyclic) bond motifs is 1. The molecule has 0 aromatic carbocycles. The van der Waals surface area contributed by atoms with E-state index >= 15 is 0 Å². The molecule has 4 nitrogen and oxygen atoms in total. The van der Waals surface area contributed by atoms with Crippen molar-refractivity contribution in [1.29, 1.82) is 0 Å². The Bertz CT molecular complexity index is 652. The number of carbonyl (C=O) groups excluding carboxylic acids is 2. The molecule has 0 fully saturated rings. The number of carbonyl (C=O) groups is 2. The fraction of sp³-hybridized carbons (Fsp3) is 0.579. The smallest absolute Gasteiger partial charge is 0.341 e. The lowest BCUT2D eigenvalue weighted by atomic mass is 9.72. The van der Waals surface area contributed by atoms with E-state index in [4.69, 9.17) is 4.74 Å². The zero-order valence-corrected chi connectivity index (χ0v) is 16.0. The van der Waals surface area contributed by atoms with E-state index in [-0.39, 0.29) is 17.3 Å². The van der Waals surface area contributed by atoms with Crippen molar-refractivity contribution >= 4 is 28.2 Å². The third-order valence-corrected chi connectivity index (χ3v) is 5.69. The SMILES string of the molecule is C/C=C/C(=O)Nc1sc2c(c1C(=O)OCC)CC[C@H](C(C)(C)C)C2. The molecule has 1 aromatic rings. The summed E-state index contributed by atoms with van der Waals surface area (Å²) in [6, 6.07) is 0. The number of hydrogen-bond donors (Lipinski definition) is 1. The first kappa shape index (κ1) is 18.7. The van der Waals surface area contributed by atoms with E-state index in [1.807, 2.05) is 0 Å². The van der Waals surface area contributed by atoms with Gasteiger partial charge >= 0.3 is 5.97 Å². The second-order valence-electron chi connectivity index (χ2n) is 7.22. The molecule has 5 heteroatoms. The lowest BCUT2D eigenvalue weighted by Gasteiger charge is -2.33. The molecule has 2 rings (SSSR count). The Morgan fingerprint density at radius 3 is 2.67 bits per heavy atom. The summed E-state index contributed by atoms with van der Waals surface area (Å²) in [6.07, 6.45) is 6.02. The Morgan fingerprint density at radius 2 is 2.08 bits per heavy atom. The summed E-state index contributed by atoms with van der Waals surface area (Å²) in [7, 11) is 0. The minimum Gasteiger partial charge on any atom is -0.462 e. The van der Waals surface area contributed by atoms with Gasteiger partial charge in [0.05, 0.1) is 12.2 Å². The van der Waals surface area contributed by atoms with E-state index in [9.17, 15) is 9.59 Å². The predicted octanol–water partition coefficient (Wildman–Crippen LogP) is 4.59. The van der Waals surface area contributed by atoms with Crippen LogP contribution in [0.25, 0.3) is 0 Å². The highest BCUT2D eigenvalue weighted by molar-refractivity contribution is 7.17. The second-order valence-corrected chi connectivity index (χ2v) is 8.33. The molecular formula is C19H27NO3S. The largest absolute Gasteiger partial charge is 0.462 e. The highest BCUT2D eigenvalue weighted by Gasteiger charge is 2.34. The highest BCUT2D eigenvalue weighted by Crippen LogP contribution is 2.44. The first-order chi connectivity index (χ1) is 11.3. The molecule has 24 heavy (non-hydrogen) atoms. The number of esters is 1. The second kappa shape index (κ2) is 7.51. The third kappa shape index (κ3) is 4.07. The maximum Gasteiger partial charge on any atom is 0.341 e. The fourth-order valence-corrected chi connectivity index (χ4v) is 4.46. The molecular weight excluding hydrogens is 322 g/mol. The van der Waals surface area contributed by atoms with Gasteiger partial charge in [-0.3, -0.25) is 4.79 Å². The first-order valence-corrected chi connectivity index (χ1v) is 9.34. The Balaban J connectivity index is 2.39. The van der Waals surface area contributed by atoms with Gasteiger partial charge in [0.2, 0.25) is 5.91 Å². The first-order valence-electron chi connectivity index (χ1n) is 8.53. The quantitative estimate of drug-likeness (QED) is 0.639. The summed E-state index contributed by atoms with van der Waals surface area (Å²) in [6.45, 7) is 10.7.